The highest BCUT2D eigenvalue weighted by Crippen LogP contribution is 2.29. The van der Waals surface area contributed by atoms with Crippen molar-refractivity contribution in [1.29, 1.82) is 0 Å². The van der Waals surface area contributed by atoms with Gasteiger partial charge in [-0.2, -0.15) is 0 Å². The average Bonchev–Trinajstić information content (AvgIpc) is 3.91. The minimum atomic E-state index is 0.625. The number of aldehydes is 1. The van der Waals surface area contributed by atoms with Crippen LogP contribution in [0.2, 0.25) is 0 Å². The van der Waals surface area contributed by atoms with E-state index in [0.717, 1.165) is 68.2 Å². The molecule has 0 unspecified atom stereocenters. The molecular weight excluding hydrogens is 560 g/mol. The van der Waals surface area contributed by atoms with E-state index >= 15 is 0 Å². The first-order valence-electron chi connectivity index (χ1n) is 14.3. The number of nitrogen functional groups attached to an aromatic ring is 1. The van der Waals surface area contributed by atoms with Crippen molar-refractivity contribution >= 4 is 45.9 Å². The van der Waals surface area contributed by atoms with Gasteiger partial charge >= 0.3 is 0 Å². The second-order valence-electron chi connectivity index (χ2n) is 9.94. The van der Waals surface area contributed by atoms with Crippen LogP contribution in [-0.4, -0.2) is 42.4 Å². The number of para-hydroxylation sites is 6. The number of rotatable bonds is 5. The molecule has 0 amide bonds. The third kappa shape index (κ3) is 6.95. The summed E-state index contributed by atoms with van der Waals surface area (Å²) in [4.78, 5) is 36.0. The molecule has 8 aromatic rings. The van der Waals surface area contributed by atoms with Gasteiger partial charge in [0.2, 0.25) is 0 Å². The molecule has 9 heteroatoms. The number of hydrogen-bond donors (Lipinski definition) is 5. The molecule has 0 spiro atoms. The third-order valence-corrected chi connectivity index (χ3v) is 6.87. The van der Waals surface area contributed by atoms with Gasteiger partial charge in [0, 0.05) is 29.2 Å². The Morgan fingerprint density at radius 3 is 1.67 bits per heavy atom. The summed E-state index contributed by atoms with van der Waals surface area (Å²) < 4.78 is 0. The van der Waals surface area contributed by atoms with Crippen LogP contribution in [0.3, 0.4) is 0 Å². The third-order valence-electron chi connectivity index (χ3n) is 6.87. The van der Waals surface area contributed by atoms with Crippen LogP contribution in [-0.2, 0) is 0 Å². The number of nitrogens with two attached hydrogens (primary N) is 1. The highest BCUT2D eigenvalue weighted by molar-refractivity contribution is 5.86. The van der Waals surface area contributed by atoms with Gasteiger partial charge in [-0.05, 0) is 72.8 Å². The number of anilines is 1. The molecule has 0 fully saturated rings. The van der Waals surface area contributed by atoms with Crippen LogP contribution in [0.15, 0.2) is 139 Å². The zero-order valence-electron chi connectivity index (χ0n) is 24.2. The van der Waals surface area contributed by atoms with E-state index < -0.39 is 0 Å². The van der Waals surface area contributed by atoms with Crippen LogP contribution in [0.1, 0.15) is 16.2 Å². The number of fused-ring (bicyclic) bond motifs is 2. The highest BCUT2D eigenvalue weighted by atomic mass is 16.1. The number of nitrogens with one attached hydrogen (secondary N) is 4. The quantitative estimate of drug-likeness (QED) is 0.0787. The van der Waals surface area contributed by atoms with E-state index in [1.165, 1.54) is 0 Å². The van der Waals surface area contributed by atoms with Crippen molar-refractivity contribution < 1.29 is 4.79 Å². The van der Waals surface area contributed by atoms with Gasteiger partial charge in [-0.1, -0.05) is 48.5 Å². The summed E-state index contributed by atoms with van der Waals surface area (Å²) in [6.07, 6.45) is 6.19. The first-order valence-corrected chi connectivity index (χ1v) is 14.3. The molecule has 0 saturated carbocycles. The van der Waals surface area contributed by atoms with Gasteiger partial charge in [0.25, 0.3) is 0 Å². The predicted molar refractivity (Wildman–Crippen MR) is 182 cm³/mol. The summed E-state index contributed by atoms with van der Waals surface area (Å²) in [5.74, 6) is 1.65. The molecular formula is C36H30N8O. The van der Waals surface area contributed by atoms with Crippen LogP contribution in [0.25, 0.3) is 44.8 Å². The first-order chi connectivity index (χ1) is 22.2. The Labute approximate surface area is 258 Å². The summed E-state index contributed by atoms with van der Waals surface area (Å²) in [6.45, 7) is 0. The summed E-state index contributed by atoms with van der Waals surface area (Å²) in [5, 5.41) is 0. The van der Waals surface area contributed by atoms with Crippen LogP contribution < -0.4 is 5.73 Å². The molecule has 45 heavy (non-hydrogen) atoms. The Bertz CT molecular complexity index is 2090. The minimum Gasteiger partial charge on any atom is -0.398 e. The van der Waals surface area contributed by atoms with E-state index in [-0.39, 0.29) is 0 Å². The van der Waals surface area contributed by atoms with E-state index in [0.29, 0.717) is 5.69 Å². The predicted octanol–water partition coefficient (Wildman–Crippen LogP) is 7.95. The number of H-pyrrole nitrogens is 4. The van der Waals surface area contributed by atoms with Gasteiger partial charge in [-0.3, -0.25) is 9.79 Å². The number of benzene rings is 4. The van der Waals surface area contributed by atoms with Gasteiger partial charge in [0.05, 0.1) is 45.4 Å². The number of carbonyl (C=O) groups excluding carboxylic acids is 1. The van der Waals surface area contributed by atoms with Crippen LogP contribution in [0, 0.1) is 0 Å². The Morgan fingerprint density at radius 2 is 1.11 bits per heavy atom. The molecule has 0 aliphatic carbocycles. The standard InChI is InChI=1S/C18H14N4.C13H11N3.C5H5NO/c1-2-8-15(20-12-13-6-5-11-19-13)14(7-1)18-21-16-9-3-4-10-17(16)22-18;14-10-6-2-1-5-9(10)13-15-11-7-3-4-8-12(11)16-13;7-4-5-2-1-3-6-5/h1-12,19H,(H,21,22);1-8H,14H2,(H,15,16);1-4,6H. The molecule has 0 radical (unpaired) electrons. The maximum Gasteiger partial charge on any atom is 0.166 e. The van der Waals surface area contributed by atoms with Crippen LogP contribution in [0.5, 0.6) is 0 Å². The maximum atomic E-state index is 9.84. The van der Waals surface area contributed by atoms with Gasteiger partial charge < -0.3 is 25.7 Å². The fourth-order valence-electron chi connectivity index (χ4n) is 4.64. The number of aromatic amines is 4. The molecule has 9 nitrogen and oxygen atoms in total. The Kier molecular flexibility index (Phi) is 8.69. The SMILES string of the molecule is C(=Nc1ccccc1-c1nc2ccccc2[nH]1)c1ccc[nH]1.Nc1ccccc1-c1nc2ccccc2[nH]1.O=Cc1ccc[nH]1. The fraction of sp³-hybridized carbons (Fsp3) is 0. The molecule has 0 bridgehead atoms. The van der Waals surface area contributed by atoms with Crippen molar-refractivity contribution in [2.24, 2.45) is 4.99 Å². The number of aliphatic imine (C=N–C) groups is 1. The van der Waals surface area contributed by atoms with Crippen molar-refractivity contribution in [3.63, 3.8) is 0 Å². The molecule has 0 saturated heterocycles. The lowest BCUT2D eigenvalue weighted by molar-refractivity contribution is 0.111. The second-order valence-corrected chi connectivity index (χ2v) is 9.94. The van der Waals surface area contributed by atoms with E-state index in [1.54, 1.807) is 18.3 Å². The van der Waals surface area contributed by atoms with Crippen molar-refractivity contribution in [3.05, 3.63) is 145 Å². The van der Waals surface area contributed by atoms with Gasteiger partial charge in [-0.25, -0.2) is 9.97 Å². The molecule has 4 aromatic carbocycles. The molecule has 0 atom stereocenters. The number of imidazole rings is 2. The van der Waals surface area contributed by atoms with Gasteiger partial charge in [-0.15, -0.1) is 0 Å². The zero-order chi connectivity index (χ0) is 30.8. The lowest BCUT2D eigenvalue weighted by Crippen LogP contribution is -1.90. The molecule has 220 valence electrons. The molecule has 6 N–H and O–H groups in total. The Balaban J connectivity index is 0.000000135. The first kappa shape index (κ1) is 28.6. The summed E-state index contributed by atoms with van der Waals surface area (Å²) >= 11 is 0. The molecule has 0 aliphatic rings. The van der Waals surface area contributed by atoms with E-state index in [9.17, 15) is 4.79 Å². The molecule has 4 heterocycles. The average molecular weight is 591 g/mol. The number of carbonyl (C=O) groups is 1. The van der Waals surface area contributed by atoms with Gasteiger partial charge in [0.15, 0.2) is 6.29 Å². The topological polar surface area (TPSA) is 144 Å². The largest absolute Gasteiger partial charge is 0.398 e. The summed E-state index contributed by atoms with van der Waals surface area (Å²) in [7, 11) is 0. The lowest BCUT2D eigenvalue weighted by atomic mass is 10.1. The molecule has 0 aliphatic heterocycles. The molecule has 8 rings (SSSR count). The van der Waals surface area contributed by atoms with Crippen molar-refractivity contribution in [3.8, 4) is 22.8 Å². The van der Waals surface area contributed by atoms with Crippen LogP contribution in [0.4, 0.5) is 11.4 Å². The number of aromatic nitrogens is 6. The Morgan fingerprint density at radius 1 is 0.578 bits per heavy atom. The maximum absolute atomic E-state index is 9.84. The normalized spacial score (nSPS) is 10.8. The lowest BCUT2D eigenvalue weighted by Gasteiger charge is -2.01. The molecule has 4 aromatic heterocycles. The van der Waals surface area contributed by atoms with Crippen molar-refractivity contribution in [2.45, 2.75) is 0 Å². The highest BCUT2D eigenvalue weighted by Gasteiger charge is 2.09. The van der Waals surface area contributed by atoms with E-state index in [2.05, 4.69) is 34.9 Å². The number of nitrogens with zero attached hydrogens (tertiary/aromatic N) is 3. The fourth-order valence-corrected chi connectivity index (χ4v) is 4.64. The van der Waals surface area contributed by atoms with E-state index in [4.69, 9.17) is 5.73 Å². The van der Waals surface area contributed by atoms with Crippen molar-refractivity contribution in [1.82, 2.24) is 29.9 Å². The van der Waals surface area contributed by atoms with Gasteiger partial charge in [0.1, 0.15) is 11.6 Å². The van der Waals surface area contributed by atoms with Crippen LogP contribution >= 0.6 is 0 Å². The Hall–Kier alpha value is -6.48. The zero-order valence-corrected chi connectivity index (χ0v) is 24.2. The number of hydrogen-bond acceptors (Lipinski definition) is 5. The van der Waals surface area contributed by atoms with Crippen molar-refractivity contribution in [2.75, 3.05) is 5.73 Å². The monoisotopic (exact) mass is 590 g/mol. The summed E-state index contributed by atoms with van der Waals surface area (Å²) in [5.41, 5.74) is 15.0. The second kappa shape index (κ2) is 13.7. The summed E-state index contributed by atoms with van der Waals surface area (Å²) in [6, 6.07) is 39.1. The van der Waals surface area contributed by atoms with E-state index in [1.807, 2.05) is 122 Å². The minimum absolute atomic E-state index is 0.625. The smallest absolute Gasteiger partial charge is 0.166 e.